The van der Waals surface area contributed by atoms with Crippen LogP contribution in [0.5, 0.6) is 5.75 Å². The van der Waals surface area contributed by atoms with Crippen molar-refractivity contribution in [3.05, 3.63) is 16.3 Å². The van der Waals surface area contributed by atoms with Crippen LogP contribution < -0.4 is 4.74 Å². The monoisotopic (exact) mass is 284 g/mol. The maximum absolute atomic E-state index is 11.9. The van der Waals surface area contributed by atoms with Gasteiger partial charge < -0.3 is 19.6 Å². The average molecular weight is 284 g/mol. The highest BCUT2D eigenvalue weighted by Crippen LogP contribution is 2.21. The number of ether oxygens (including phenoxy) is 1. The zero-order valence-electron chi connectivity index (χ0n) is 10.7. The van der Waals surface area contributed by atoms with Crippen LogP contribution in [0, 0.1) is 0 Å². The maximum atomic E-state index is 11.9. The molecule has 2 heterocycles. The van der Waals surface area contributed by atoms with Crippen LogP contribution in [0.15, 0.2) is 11.4 Å². The third-order valence-corrected chi connectivity index (χ3v) is 3.90. The van der Waals surface area contributed by atoms with Crippen LogP contribution in [0.3, 0.4) is 0 Å². The smallest absolute Gasteiger partial charge is 0.346 e. The predicted molar refractivity (Wildman–Crippen MR) is 70.9 cm³/mol. The fraction of sp³-hybridized carbons (Fsp3) is 0.500. The first kappa shape index (κ1) is 13.8. The summed E-state index contributed by atoms with van der Waals surface area (Å²) in [4.78, 5) is 26.7. The summed E-state index contributed by atoms with van der Waals surface area (Å²) in [5.74, 6) is -0.605. The SMILES string of the molecule is CN1CCN(C(=O)COc2csc(C(=O)O)c2)CC1. The van der Waals surface area contributed by atoms with Gasteiger partial charge in [0.1, 0.15) is 10.6 Å². The number of amides is 1. The standard InChI is InChI=1S/C12H16N2O4S/c1-13-2-4-14(5-3-13)11(15)7-18-9-6-10(12(16)17)19-8-9/h6,8H,2-5,7H2,1H3,(H,16,17). The van der Waals surface area contributed by atoms with Crippen molar-refractivity contribution in [2.45, 2.75) is 0 Å². The van der Waals surface area contributed by atoms with E-state index in [0.29, 0.717) is 18.8 Å². The molecule has 7 heteroatoms. The Hall–Kier alpha value is -1.60. The number of thiophene rings is 1. The van der Waals surface area contributed by atoms with Crippen molar-refractivity contribution >= 4 is 23.2 Å². The van der Waals surface area contributed by atoms with Crippen molar-refractivity contribution < 1.29 is 19.4 Å². The van der Waals surface area contributed by atoms with E-state index in [1.807, 2.05) is 7.05 Å². The number of hydrogen-bond donors (Lipinski definition) is 1. The van der Waals surface area contributed by atoms with E-state index >= 15 is 0 Å². The number of carboxylic acids is 1. The van der Waals surface area contributed by atoms with Crippen molar-refractivity contribution in [2.75, 3.05) is 39.8 Å². The molecule has 6 nitrogen and oxygen atoms in total. The van der Waals surface area contributed by atoms with Crippen molar-refractivity contribution in [3.63, 3.8) is 0 Å². The molecule has 0 unspecified atom stereocenters. The molecule has 0 aromatic carbocycles. The summed E-state index contributed by atoms with van der Waals surface area (Å²) in [5.41, 5.74) is 0. The van der Waals surface area contributed by atoms with Crippen molar-refractivity contribution in [2.24, 2.45) is 0 Å². The van der Waals surface area contributed by atoms with Gasteiger partial charge >= 0.3 is 5.97 Å². The predicted octanol–water partition coefficient (Wildman–Crippen LogP) is 0.599. The Morgan fingerprint density at radius 1 is 1.37 bits per heavy atom. The Kier molecular flexibility index (Phi) is 4.39. The van der Waals surface area contributed by atoms with Gasteiger partial charge in [0.05, 0.1) is 0 Å². The van der Waals surface area contributed by atoms with E-state index < -0.39 is 5.97 Å². The van der Waals surface area contributed by atoms with Gasteiger partial charge in [-0.3, -0.25) is 4.79 Å². The Morgan fingerprint density at radius 2 is 2.05 bits per heavy atom. The van der Waals surface area contributed by atoms with Crippen molar-refractivity contribution in [1.82, 2.24) is 9.80 Å². The maximum Gasteiger partial charge on any atom is 0.346 e. The number of carbonyl (C=O) groups excluding carboxylic acids is 1. The van der Waals surface area contributed by atoms with Crippen molar-refractivity contribution in [3.8, 4) is 5.75 Å². The fourth-order valence-electron chi connectivity index (χ4n) is 1.80. The molecular weight excluding hydrogens is 268 g/mol. The molecule has 1 fully saturated rings. The molecule has 0 saturated carbocycles. The van der Waals surface area contributed by atoms with Gasteiger partial charge in [-0.15, -0.1) is 11.3 Å². The highest BCUT2D eigenvalue weighted by atomic mass is 32.1. The summed E-state index contributed by atoms with van der Waals surface area (Å²) < 4.78 is 5.32. The largest absolute Gasteiger partial charge is 0.483 e. The normalized spacial score (nSPS) is 16.4. The lowest BCUT2D eigenvalue weighted by Gasteiger charge is -2.32. The van der Waals surface area contributed by atoms with Gasteiger partial charge in [-0.1, -0.05) is 0 Å². The molecule has 104 valence electrons. The molecule has 1 aliphatic rings. The number of nitrogens with zero attached hydrogens (tertiary/aromatic N) is 2. The Bertz CT molecular complexity index is 466. The van der Waals surface area contributed by atoms with E-state index in [9.17, 15) is 9.59 Å². The van der Waals surface area contributed by atoms with Crippen LogP contribution in [0.1, 0.15) is 9.67 Å². The molecule has 1 amide bonds. The number of aromatic carboxylic acids is 1. The highest BCUT2D eigenvalue weighted by molar-refractivity contribution is 7.12. The number of rotatable bonds is 4. The quantitative estimate of drug-likeness (QED) is 0.876. The topological polar surface area (TPSA) is 70.1 Å². The van der Waals surface area contributed by atoms with E-state index in [0.717, 1.165) is 24.4 Å². The Balaban J connectivity index is 1.81. The molecule has 1 N–H and O–H groups in total. The first-order valence-electron chi connectivity index (χ1n) is 5.97. The van der Waals surface area contributed by atoms with Gasteiger partial charge in [0.15, 0.2) is 6.61 Å². The number of piperazine rings is 1. The number of carboxylic acid groups (broad SMARTS) is 1. The molecule has 19 heavy (non-hydrogen) atoms. The molecule has 1 saturated heterocycles. The van der Waals surface area contributed by atoms with Crippen LogP contribution >= 0.6 is 11.3 Å². The van der Waals surface area contributed by atoms with E-state index in [1.54, 1.807) is 10.3 Å². The van der Waals surface area contributed by atoms with Crippen LogP contribution in [-0.4, -0.2) is 66.6 Å². The summed E-state index contributed by atoms with van der Waals surface area (Å²) in [6.07, 6.45) is 0. The second-order valence-corrected chi connectivity index (χ2v) is 5.34. The summed E-state index contributed by atoms with van der Waals surface area (Å²) in [5, 5.41) is 10.4. The zero-order valence-corrected chi connectivity index (χ0v) is 11.5. The molecule has 0 radical (unpaired) electrons. The summed E-state index contributed by atoms with van der Waals surface area (Å²) in [7, 11) is 2.02. The van der Waals surface area contributed by atoms with Crippen LogP contribution in [0.25, 0.3) is 0 Å². The van der Waals surface area contributed by atoms with Gasteiger partial charge in [-0.25, -0.2) is 4.79 Å². The molecule has 1 aromatic heterocycles. The molecular formula is C12H16N2O4S. The third kappa shape index (κ3) is 3.68. The Labute approximate surface area is 115 Å². The van der Waals surface area contributed by atoms with Crippen LogP contribution in [0.4, 0.5) is 0 Å². The zero-order chi connectivity index (χ0) is 13.8. The highest BCUT2D eigenvalue weighted by Gasteiger charge is 2.19. The molecule has 1 aliphatic heterocycles. The minimum Gasteiger partial charge on any atom is -0.483 e. The molecule has 0 aliphatic carbocycles. The first-order chi connectivity index (χ1) is 9.06. The molecule has 0 atom stereocenters. The van der Waals surface area contributed by atoms with Crippen molar-refractivity contribution in [1.29, 1.82) is 0 Å². The van der Waals surface area contributed by atoms with E-state index in [-0.39, 0.29) is 17.4 Å². The van der Waals surface area contributed by atoms with E-state index in [2.05, 4.69) is 4.90 Å². The fourth-order valence-corrected chi connectivity index (χ4v) is 2.46. The first-order valence-corrected chi connectivity index (χ1v) is 6.85. The van der Waals surface area contributed by atoms with Crippen LogP contribution in [0.2, 0.25) is 0 Å². The minimum absolute atomic E-state index is 0.0422. The molecule has 0 bridgehead atoms. The van der Waals surface area contributed by atoms with E-state index in [1.165, 1.54) is 6.07 Å². The summed E-state index contributed by atoms with van der Waals surface area (Å²) in [6, 6.07) is 1.43. The van der Waals surface area contributed by atoms with Gasteiger partial charge in [-0.05, 0) is 7.05 Å². The lowest BCUT2D eigenvalue weighted by molar-refractivity contribution is -0.134. The second kappa shape index (κ2) is 6.03. The van der Waals surface area contributed by atoms with E-state index in [4.69, 9.17) is 9.84 Å². The molecule has 1 aromatic rings. The summed E-state index contributed by atoms with van der Waals surface area (Å²) >= 11 is 1.09. The minimum atomic E-state index is -0.981. The lowest BCUT2D eigenvalue weighted by atomic mass is 10.3. The number of hydrogen-bond acceptors (Lipinski definition) is 5. The average Bonchev–Trinajstić information content (AvgIpc) is 2.86. The van der Waals surface area contributed by atoms with Gasteiger partial charge in [0, 0.05) is 37.6 Å². The van der Waals surface area contributed by atoms with Gasteiger partial charge in [-0.2, -0.15) is 0 Å². The second-order valence-electron chi connectivity index (χ2n) is 4.42. The van der Waals surface area contributed by atoms with Gasteiger partial charge in [0.25, 0.3) is 5.91 Å². The van der Waals surface area contributed by atoms with Crippen LogP contribution in [-0.2, 0) is 4.79 Å². The number of likely N-dealkylation sites (N-methyl/N-ethyl adjacent to an activating group) is 1. The summed E-state index contributed by atoms with van der Waals surface area (Å²) in [6.45, 7) is 3.12. The Morgan fingerprint density at radius 3 is 2.63 bits per heavy atom. The number of carbonyl (C=O) groups is 2. The van der Waals surface area contributed by atoms with Gasteiger partial charge in [0.2, 0.25) is 0 Å². The molecule has 2 rings (SSSR count). The molecule has 0 spiro atoms. The third-order valence-electron chi connectivity index (χ3n) is 3.00. The lowest BCUT2D eigenvalue weighted by Crippen LogP contribution is -2.48.